The Balaban J connectivity index is 1.25. The van der Waals surface area contributed by atoms with Crippen LogP contribution < -0.4 is 20.9 Å². The molecule has 37 heavy (non-hydrogen) atoms. The van der Waals surface area contributed by atoms with Crippen molar-refractivity contribution in [1.82, 2.24) is 25.5 Å². The summed E-state index contributed by atoms with van der Waals surface area (Å²) >= 11 is 0. The molecule has 1 saturated carbocycles. The van der Waals surface area contributed by atoms with E-state index in [4.69, 9.17) is 4.98 Å². The maximum Gasteiger partial charge on any atom is 0.224 e. The van der Waals surface area contributed by atoms with Crippen molar-refractivity contribution in [3.8, 4) is 0 Å². The summed E-state index contributed by atoms with van der Waals surface area (Å²) < 4.78 is 0. The number of amides is 1. The Morgan fingerprint density at radius 3 is 2.54 bits per heavy atom. The first-order chi connectivity index (χ1) is 18.3. The molecule has 8 heteroatoms. The van der Waals surface area contributed by atoms with Crippen LogP contribution in [0.15, 0.2) is 12.3 Å². The van der Waals surface area contributed by atoms with Crippen LogP contribution in [0.5, 0.6) is 0 Å². The Kier molecular flexibility index (Phi) is 9.91. The lowest BCUT2D eigenvalue weighted by atomic mass is 9.87. The normalized spacial score (nSPS) is 28.4. The van der Waals surface area contributed by atoms with Gasteiger partial charge in [0.05, 0.1) is 5.92 Å². The summed E-state index contributed by atoms with van der Waals surface area (Å²) in [5.41, 5.74) is 0. The van der Waals surface area contributed by atoms with E-state index in [0.717, 1.165) is 70.2 Å². The molecule has 3 aliphatic heterocycles. The average Bonchev–Trinajstić information content (AvgIpc) is 3.25. The van der Waals surface area contributed by atoms with Gasteiger partial charge in [0.25, 0.3) is 0 Å². The molecule has 0 aromatic carbocycles. The highest BCUT2D eigenvalue weighted by molar-refractivity contribution is 5.78. The zero-order chi connectivity index (χ0) is 25.3. The van der Waals surface area contributed by atoms with E-state index in [1.54, 1.807) is 0 Å². The van der Waals surface area contributed by atoms with E-state index >= 15 is 0 Å². The maximum absolute atomic E-state index is 12.8. The molecule has 3 atom stereocenters. The van der Waals surface area contributed by atoms with E-state index in [-0.39, 0.29) is 11.8 Å². The lowest BCUT2D eigenvalue weighted by Crippen LogP contribution is -2.56. The quantitative estimate of drug-likeness (QED) is 0.487. The molecule has 0 unspecified atom stereocenters. The molecule has 1 aliphatic carbocycles. The number of carbonyl (C=O) groups is 1. The van der Waals surface area contributed by atoms with Crippen LogP contribution in [0.4, 0.5) is 11.8 Å². The van der Waals surface area contributed by atoms with Crippen molar-refractivity contribution in [3.05, 3.63) is 12.3 Å². The molecular formula is C29H49N7O. The van der Waals surface area contributed by atoms with Crippen molar-refractivity contribution in [3.63, 3.8) is 0 Å². The number of likely N-dealkylation sites (tertiary alicyclic amines) is 1. The summed E-state index contributed by atoms with van der Waals surface area (Å²) in [7, 11) is 0. The zero-order valence-corrected chi connectivity index (χ0v) is 22.8. The third kappa shape index (κ3) is 7.34. The van der Waals surface area contributed by atoms with Gasteiger partial charge >= 0.3 is 0 Å². The first-order valence-electron chi connectivity index (χ1n) is 15.4. The smallest absolute Gasteiger partial charge is 0.224 e. The summed E-state index contributed by atoms with van der Waals surface area (Å²) in [6, 6.07) is 3.44. The molecule has 3 N–H and O–H groups in total. The second-order valence-corrected chi connectivity index (χ2v) is 11.8. The van der Waals surface area contributed by atoms with Gasteiger partial charge < -0.3 is 20.9 Å². The fraction of sp³-hybridized carbons (Fsp3) is 0.828. The van der Waals surface area contributed by atoms with E-state index in [1.165, 1.54) is 70.8 Å². The van der Waals surface area contributed by atoms with Gasteiger partial charge in [-0.1, -0.05) is 32.1 Å². The standard InChI is InChI=1S/C29H49N7O/c37-28(23-10-8-16-30-22-23)31-17-14-26-25(13-9-21-36(26)24-11-4-3-5-12-24)33-29-32-18-15-27(34-29)35-19-6-1-2-7-20-35/h15,18,23-26,30H,1-14,16-17,19-22H2,(H,31,37)(H,32,33,34)/t23-,25+,26-/m1/s1. The Morgan fingerprint density at radius 2 is 1.76 bits per heavy atom. The van der Waals surface area contributed by atoms with Crippen molar-refractivity contribution in [2.45, 2.75) is 108 Å². The summed E-state index contributed by atoms with van der Waals surface area (Å²) in [6.45, 7) is 5.95. The minimum atomic E-state index is 0.124. The maximum atomic E-state index is 12.8. The van der Waals surface area contributed by atoms with Gasteiger partial charge in [-0.2, -0.15) is 4.98 Å². The largest absolute Gasteiger partial charge is 0.356 e. The van der Waals surface area contributed by atoms with E-state index in [0.29, 0.717) is 18.1 Å². The molecule has 4 aliphatic rings. The van der Waals surface area contributed by atoms with Crippen LogP contribution in [0.1, 0.15) is 89.9 Å². The second kappa shape index (κ2) is 13.7. The molecule has 4 heterocycles. The van der Waals surface area contributed by atoms with E-state index in [9.17, 15) is 4.79 Å². The number of rotatable bonds is 8. The SMILES string of the molecule is O=C(NCC[C@@H]1[C@@H](Nc2nccc(N3CCCCCC3)n2)CCCN1C1CCCCC1)[C@@H]1CCCNC1. The molecule has 0 bridgehead atoms. The van der Waals surface area contributed by atoms with Crippen LogP contribution in [0.3, 0.4) is 0 Å². The van der Waals surface area contributed by atoms with Crippen LogP contribution >= 0.6 is 0 Å². The Labute approximate surface area is 223 Å². The van der Waals surface area contributed by atoms with Gasteiger partial charge in [0, 0.05) is 50.5 Å². The Hall–Kier alpha value is -1.93. The van der Waals surface area contributed by atoms with Crippen LogP contribution in [0.2, 0.25) is 0 Å². The van der Waals surface area contributed by atoms with Gasteiger partial charge in [0.15, 0.2) is 0 Å². The number of hydrogen-bond acceptors (Lipinski definition) is 7. The van der Waals surface area contributed by atoms with E-state index in [2.05, 4.69) is 36.8 Å². The van der Waals surface area contributed by atoms with Gasteiger partial charge in [-0.05, 0) is 76.9 Å². The van der Waals surface area contributed by atoms with Crippen LogP contribution in [-0.4, -0.2) is 78.2 Å². The number of piperidine rings is 2. The lowest BCUT2D eigenvalue weighted by Gasteiger charge is -2.47. The summed E-state index contributed by atoms with van der Waals surface area (Å²) in [5.74, 6) is 2.17. The monoisotopic (exact) mass is 511 g/mol. The molecule has 206 valence electrons. The van der Waals surface area contributed by atoms with Gasteiger partial charge in [-0.15, -0.1) is 0 Å². The second-order valence-electron chi connectivity index (χ2n) is 11.8. The van der Waals surface area contributed by atoms with Crippen molar-refractivity contribution in [2.24, 2.45) is 5.92 Å². The average molecular weight is 512 g/mol. The topological polar surface area (TPSA) is 85.4 Å². The van der Waals surface area contributed by atoms with Crippen LogP contribution in [0, 0.1) is 5.92 Å². The van der Waals surface area contributed by atoms with Crippen molar-refractivity contribution >= 4 is 17.7 Å². The minimum absolute atomic E-state index is 0.124. The third-order valence-corrected chi connectivity index (χ3v) is 9.16. The predicted octanol–water partition coefficient (Wildman–Crippen LogP) is 3.94. The number of nitrogens with one attached hydrogen (secondary N) is 3. The first-order valence-corrected chi connectivity index (χ1v) is 15.4. The number of nitrogens with zero attached hydrogens (tertiary/aromatic N) is 4. The van der Waals surface area contributed by atoms with Crippen molar-refractivity contribution in [1.29, 1.82) is 0 Å². The summed E-state index contributed by atoms with van der Waals surface area (Å²) in [6.07, 6.45) is 19.2. The molecule has 0 radical (unpaired) electrons. The highest BCUT2D eigenvalue weighted by atomic mass is 16.1. The van der Waals surface area contributed by atoms with Crippen LogP contribution in [0.25, 0.3) is 0 Å². The van der Waals surface area contributed by atoms with Gasteiger partial charge in [0.2, 0.25) is 11.9 Å². The fourth-order valence-corrected chi connectivity index (χ4v) is 7.11. The fourth-order valence-electron chi connectivity index (χ4n) is 7.11. The number of aromatic nitrogens is 2. The van der Waals surface area contributed by atoms with Gasteiger partial charge in [-0.25, -0.2) is 4.98 Å². The molecule has 1 aromatic heterocycles. The summed E-state index contributed by atoms with van der Waals surface area (Å²) in [4.78, 5) is 27.7. The summed E-state index contributed by atoms with van der Waals surface area (Å²) in [5, 5.41) is 10.5. The third-order valence-electron chi connectivity index (χ3n) is 9.16. The number of hydrogen-bond donors (Lipinski definition) is 3. The van der Waals surface area contributed by atoms with Gasteiger partial charge in [-0.3, -0.25) is 9.69 Å². The zero-order valence-electron chi connectivity index (χ0n) is 22.8. The Bertz CT molecular complexity index is 831. The molecule has 3 saturated heterocycles. The van der Waals surface area contributed by atoms with E-state index < -0.39 is 0 Å². The highest BCUT2D eigenvalue weighted by Crippen LogP contribution is 2.31. The molecular weight excluding hydrogens is 462 g/mol. The first kappa shape index (κ1) is 26.7. The van der Waals surface area contributed by atoms with Gasteiger partial charge in [0.1, 0.15) is 5.82 Å². The number of anilines is 2. The lowest BCUT2D eigenvalue weighted by molar-refractivity contribution is -0.125. The highest BCUT2D eigenvalue weighted by Gasteiger charge is 2.36. The number of carbonyl (C=O) groups excluding carboxylic acids is 1. The predicted molar refractivity (Wildman–Crippen MR) is 150 cm³/mol. The molecule has 1 amide bonds. The molecule has 5 rings (SSSR count). The Morgan fingerprint density at radius 1 is 0.946 bits per heavy atom. The van der Waals surface area contributed by atoms with Crippen molar-refractivity contribution in [2.75, 3.05) is 49.5 Å². The molecule has 4 fully saturated rings. The minimum Gasteiger partial charge on any atom is -0.356 e. The van der Waals surface area contributed by atoms with Crippen LogP contribution in [-0.2, 0) is 4.79 Å². The molecule has 1 aromatic rings. The molecule has 8 nitrogen and oxygen atoms in total. The molecule has 0 spiro atoms. The van der Waals surface area contributed by atoms with Crippen molar-refractivity contribution < 1.29 is 4.79 Å². The van der Waals surface area contributed by atoms with E-state index in [1.807, 2.05) is 6.20 Å².